The Bertz CT molecular complexity index is 1050. The number of amides is 2. The number of nitrogens with zero attached hydrogens (tertiary/aromatic N) is 4. The molecule has 0 saturated heterocycles. The van der Waals surface area contributed by atoms with E-state index < -0.39 is 0 Å². The van der Waals surface area contributed by atoms with E-state index in [1.165, 1.54) is 11.1 Å². The molecule has 6 heteroatoms. The van der Waals surface area contributed by atoms with Gasteiger partial charge in [-0.05, 0) is 56.0 Å². The van der Waals surface area contributed by atoms with E-state index in [2.05, 4.69) is 39.7 Å². The standard InChI is InChI=1S/C22H23N5O/c1-15-11-16(2)27(25-15)20-8-7-18(12-23-20)24-21(28)26-13-17-5-3-4-6-19(17)22(14-26)9-10-22/h3-8,11-12H,9-10,13-14H2,1-2H3,(H,24,28). The smallest absolute Gasteiger partial charge is 0.319 e. The Morgan fingerprint density at radius 1 is 1.14 bits per heavy atom. The number of rotatable bonds is 2. The molecule has 0 bridgehead atoms. The van der Waals surface area contributed by atoms with Crippen LogP contribution in [-0.2, 0) is 12.0 Å². The van der Waals surface area contributed by atoms with Crippen LogP contribution in [0.1, 0.15) is 35.4 Å². The molecule has 0 atom stereocenters. The van der Waals surface area contributed by atoms with Crippen molar-refractivity contribution >= 4 is 11.7 Å². The second-order valence-corrected chi connectivity index (χ2v) is 7.97. The molecule has 1 N–H and O–H groups in total. The van der Waals surface area contributed by atoms with Crippen molar-refractivity contribution < 1.29 is 4.79 Å². The Labute approximate surface area is 164 Å². The fraction of sp³-hybridized carbons (Fsp3) is 0.318. The predicted octanol–water partition coefficient (Wildman–Crippen LogP) is 3.96. The van der Waals surface area contributed by atoms with Crippen LogP contribution in [0.25, 0.3) is 5.82 Å². The number of hydrogen-bond acceptors (Lipinski definition) is 3. The number of nitrogens with one attached hydrogen (secondary N) is 1. The van der Waals surface area contributed by atoms with Gasteiger partial charge in [0, 0.05) is 24.2 Å². The predicted molar refractivity (Wildman–Crippen MR) is 108 cm³/mol. The molecule has 6 nitrogen and oxygen atoms in total. The van der Waals surface area contributed by atoms with E-state index in [0.717, 1.165) is 36.6 Å². The van der Waals surface area contributed by atoms with Crippen molar-refractivity contribution in [3.05, 3.63) is 71.2 Å². The Morgan fingerprint density at radius 2 is 1.96 bits per heavy atom. The molecule has 1 spiro atoms. The fourth-order valence-electron chi connectivity index (χ4n) is 4.26. The molecule has 1 aliphatic carbocycles. The number of benzene rings is 1. The Morgan fingerprint density at radius 3 is 2.64 bits per heavy atom. The van der Waals surface area contributed by atoms with Gasteiger partial charge in [-0.3, -0.25) is 0 Å². The molecule has 0 radical (unpaired) electrons. The number of hydrogen-bond donors (Lipinski definition) is 1. The molecule has 0 unspecified atom stereocenters. The van der Waals surface area contributed by atoms with Gasteiger partial charge in [-0.15, -0.1) is 0 Å². The van der Waals surface area contributed by atoms with Crippen molar-refractivity contribution in [2.45, 2.75) is 38.6 Å². The van der Waals surface area contributed by atoms with Crippen LogP contribution in [0.5, 0.6) is 0 Å². The molecule has 142 valence electrons. The van der Waals surface area contributed by atoms with Gasteiger partial charge < -0.3 is 10.2 Å². The van der Waals surface area contributed by atoms with E-state index in [1.54, 1.807) is 10.9 Å². The van der Waals surface area contributed by atoms with Gasteiger partial charge >= 0.3 is 6.03 Å². The third-order valence-electron chi connectivity index (χ3n) is 5.81. The quantitative estimate of drug-likeness (QED) is 0.739. The van der Waals surface area contributed by atoms with E-state index in [9.17, 15) is 4.79 Å². The topological polar surface area (TPSA) is 63.1 Å². The molecule has 2 amide bonds. The highest BCUT2D eigenvalue weighted by atomic mass is 16.2. The number of aromatic nitrogens is 3. The summed E-state index contributed by atoms with van der Waals surface area (Å²) in [6.45, 7) is 5.40. The van der Waals surface area contributed by atoms with E-state index in [-0.39, 0.29) is 11.4 Å². The lowest BCUT2D eigenvalue weighted by atomic mass is 9.87. The summed E-state index contributed by atoms with van der Waals surface area (Å²) in [5, 5.41) is 7.45. The minimum absolute atomic E-state index is 0.0681. The molecule has 1 saturated carbocycles. The van der Waals surface area contributed by atoms with Crippen LogP contribution in [0.2, 0.25) is 0 Å². The number of fused-ring (bicyclic) bond motifs is 2. The number of carbonyl (C=O) groups is 1. The lowest BCUT2D eigenvalue weighted by Gasteiger charge is -2.35. The summed E-state index contributed by atoms with van der Waals surface area (Å²) in [6.07, 6.45) is 4.01. The number of aryl methyl sites for hydroxylation is 2. The van der Waals surface area contributed by atoms with Crippen molar-refractivity contribution in [1.82, 2.24) is 19.7 Å². The molecular formula is C22H23N5O. The first-order valence-electron chi connectivity index (χ1n) is 9.68. The Kier molecular flexibility index (Phi) is 3.75. The summed E-state index contributed by atoms with van der Waals surface area (Å²) >= 11 is 0. The van der Waals surface area contributed by atoms with Gasteiger partial charge in [0.05, 0.1) is 17.6 Å². The van der Waals surface area contributed by atoms with Crippen LogP contribution in [0.15, 0.2) is 48.7 Å². The second kappa shape index (κ2) is 6.19. The van der Waals surface area contributed by atoms with Gasteiger partial charge in [0.2, 0.25) is 0 Å². The van der Waals surface area contributed by atoms with Crippen molar-refractivity contribution in [2.75, 3.05) is 11.9 Å². The van der Waals surface area contributed by atoms with Crippen LogP contribution >= 0.6 is 0 Å². The van der Waals surface area contributed by atoms with Gasteiger partial charge in [-0.1, -0.05) is 24.3 Å². The zero-order valence-electron chi connectivity index (χ0n) is 16.1. The first-order chi connectivity index (χ1) is 13.5. The molecule has 3 aromatic rings. The normalized spacial score (nSPS) is 16.7. The zero-order valence-corrected chi connectivity index (χ0v) is 16.1. The van der Waals surface area contributed by atoms with Gasteiger partial charge in [0.15, 0.2) is 5.82 Å². The minimum Gasteiger partial charge on any atom is -0.319 e. The summed E-state index contributed by atoms with van der Waals surface area (Å²) < 4.78 is 1.80. The van der Waals surface area contributed by atoms with Crippen LogP contribution in [0.3, 0.4) is 0 Å². The summed E-state index contributed by atoms with van der Waals surface area (Å²) in [6, 6.07) is 14.2. The highest BCUT2D eigenvalue weighted by molar-refractivity contribution is 5.89. The number of pyridine rings is 1. The highest BCUT2D eigenvalue weighted by Crippen LogP contribution is 2.52. The lowest BCUT2D eigenvalue weighted by Crippen LogP contribution is -2.43. The highest BCUT2D eigenvalue weighted by Gasteiger charge is 2.49. The second-order valence-electron chi connectivity index (χ2n) is 7.97. The lowest BCUT2D eigenvalue weighted by molar-refractivity contribution is 0.197. The van der Waals surface area contributed by atoms with Crippen molar-refractivity contribution in [3.8, 4) is 5.82 Å². The fourth-order valence-corrected chi connectivity index (χ4v) is 4.26. The van der Waals surface area contributed by atoms with E-state index >= 15 is 0 Å². The maximum Gasteiger partial charge on any atom is 0.322 e. The summed E-state index contributed by atoms with van der Waals surface area (Å²) in [4.78, 5) is 19.3. The van der Waals surface area contributed by atoms with Crippen LogP contribution in [0.4, 0.5) is 10.5 Å². The van der Waals surface area contributed by atoms with E-state index in [4.69, 9.17) is 0 Å². The average molecular weight is 373 g/mol. The first-order valence-corrected chi connectivity index (χ1v) is 9.68. The summed E-state index contributed by atoms with van der Waals surface area (Å²) in [5.41, 5.74) is 5.54. The van der Waals surface area contributed by atoms with Gasteiger partial charge in [-0.2, -0.15) is 5.10 Å². The first kappa shape index (κ1) is 17.0. The molecule has 1 aromatic carbocycles. The summed E-state index contributed by atoms with van der Waals surface area (Å²) in [5.74, 6) is 0.743. The summed E-state index contributed by atoms with van der Waals surface area (Å²) in [7, 11) is 0. The maximum absolute atomic E-state index is 12.9. The minimum atomic E-state index is -0.0681. The van der Waals surface area contributed by atoms with Gasteiger partial charge in [-0.25, -0.2) is 14.5 Å². The molecule has 28 heavy (non-hydrogen) atoms. The monoisotopic (exact) mass is 373 g/mol. The zero-order chi connectivity index (χ0) is 19.3. The van der Waals surface area contributed by atoms with Crippen molar-refractivity contribution in [3.63, 3.8) is 0 Å². The maximum atomic E-state index is 12.9. The number of urea groups is 1. The van der Waals surface area contributed by atoms with Crippen LogP contribution in [-0.4, -0.2) is 32.2 Å². The van der Waals surface area contributed by atoms with Gasteiger partial charge in [0.25, 0.3) is 0 Å². The van der Waals surface area contributed by atoms with Crippen LogP contribution < -0.4 is 5.32 Å². The number of anilines is 1. The Hall–Kier alpha value is -3.15. The third-order valence-corrected chi connectivity index (χ3v) is 5.81. The molecule has 2 aliphatic rings. The molecule has 1 fully saturated rings. The number of carbonyl (C=O) groups excluding carboxylic acids is 1. The molecule has 5 rings (SSSR count). The van der Waals surface area contributed by atoms with Crippen LogP contribution in [0, 0.1) is 13.8 Å². The van der Waals surface area contributed by atoms with Crippen molar-refractivity contribution in [2.24, 2.45) is 0 Å². The molecule has 2 aromatic heterocycles. The average Bonchev–Trinajstić information content (AvgIpc) is 3.38. The Balaban J connectivity index is 1.32. The molecule has 1 aliphatic heterocycles. The SMILES string of the molecule is Cc1cc(C)n(-c2ccc(NC(=O)N3Cc4ccccc4C4(CC4)C3)cn2)n1. The molecular weight excluding hydrogens is 350 g/mol. The third kappa shape index (κ3) is 2.85. The van der Waals surface area contributed by atoms with Gasteiger partial charge in [0.1, 0.15) is 0 Å². The van der Waals surface area contributed by atoms with E-state index in [1.807, 2.05) is 36.9 Å². The molecule has 3 heterocycles. The van der Waals surface area contributed by atoms with E-state index in [0.29, 0.717) is 12.2 Å². The largest absolute Gasteiger partial charge is 0.322 e. The van der Waals surface area contributed by atoms with Crippen molar-refractivity contribution in [1.29, 1.82) is 0 Å².